The number of hydrogen-bond donors (Lipinski definition) is 0. The minimum atomic E-state index is -1.60. The van der Waals surface area contributed by atoms with Gasteiger partial charge in [0.15, 0.2) is 0 Å². The molecule has 0 aromatic heterocycles. The second kappa shape index (κ2) is 14.6. The molecule has 4 heteroatoms. The number of unbranched alkanes of at least 4 members (excludes halogenated alkanes) is 3. The fourth-order valence-electron chi connectivity index (χ4n) is 4.29. The molecule has 0 aromatic rings. The van der Waals surface area contributed by atoms with E-state index in [4.69, 9.17) is 0 Å². The van der Waals surface area contributed by atoms with Gasteiger partial charge < -0.3 is 11.7 Å². The van der Waals surface area contributed by atoms with Gasteiger partial charge in [-0.05, 0) is 116 Å². The molecule has 0 saturated heterocycles. The maximum absolute atomic E-state index is 3.02. The van der Waals surface area contributed by atoms with Crippen LogP contribution in [0.5, 0.6) is 0 Å². The summed E-state index contributed by atoms with van der Waals surface area (Å²) in [6.45, 7) is 33.0. The topological polar surface area (TPSA) is 9.72 Å². The van der Waals surface area contributed by atoms with Crippen molar-refractivity contribution < 1.29 is 0 Å². The van der Waals surface area contributed by atoms with Gasteiger partial charge in [-0.2, -0.15) is 0 Å². The third-order valence-corrected chi connectivity index (χ3v) is 12.6. The zero-order chi connectivity index (χ0) is 24.3. The standard InChI is InChI=1S/3C9H20N.Al/c3*1-5-7-8-10-9(3,4)6-2;/h3*5-8H2,1-4H3;/q3*-1;+3. The van der Waals surface area contributed by atoms with Crippen LogP contribution in [0.4, 0.5) is 0 Å². The maximum Gasteiger partial charge on any atom is 0.610 e. The summed E-state index contributed by atoms with van der Waals surface area (Å²) in [5.74, 6) is 0. The lowest BCUT2D eigenvalue weighted by Crippen LogP contribution is -2.74. The SMILES string of the molecule is CCCC[N]([Al]([N](CCCC)C(C)(C)CC)[N](CCCC)C(C)(C)CC)C(C)(C)CC. The summed E-state index contributed by atoms with van der Waals surface area (Å²) < 4.78 is 9.07. The Balaban J connectivity index is 6.80. The molecular weight excluding hydrogens is 393 g/mol. The van der Waals surface area contributed by atoms with E-state index in [0.717, 1.165) is 0 Å². The van der Waals surface area contributed by atoms with Gasteiger partial charge in [-0.15, -0.1) is 0 Å². The zero-order valence-corrected chi connectivity index (χ0v) is 25.1. The Hall–Kier alpha value is 0.412. The second-order valence-corrected chi connectivity index (χ2v) is 14.0. The smallest absolute Gasteiger partial charge is 0.352 e. The molecule has 0 aliphatic heterocycles. The van der Waals surface area contributed by atoms with Crippen LogP contribution in [-0.4, -0.2) is 62.7 Å². The molecule has 0 N–H and O–H groups in total. The van der Waals surface area contributed by atoms with Crippen molar-refractivity contribution >= 4 is 14.8 Å². The van der Waals surface area contributed by atoms with Gasteiger partial charge in [0.05, 0.1) is 0 Å². The van der Waals surface area contributed by atoms with Crippen molar-refractivity contribution in [3.05, 3.63) is 0 Å². The quantitative estimate of drug-likeness (QED) is 0.196. The summed E-state index contributed by atoms with van der Waals surface area (Å²) in [6, 6.07) is 0. The van der Waals surface area contributed by atoms with Crippen LogP contribution in [0.25, 0.3) is 0 Å². The predicted molar refractivity (Wildman–Crippen MR) is 144 cm³/mol. The van der Waals surface area contributed by atoms with Gasteiger partial charge in [0.2, 0.25) is 0 Å². The molecule has 0 radical (unpaired) electrons. The Morgan fingerprint density at radius 1 is 0.452 bits per heavy atom. The Labute approximate surface area is 203 Å². The first-order chi connectivity index (χ1) is 14.4. The summed E-state index contributed by atoms with van der Waals surface area (Å²) in [7, 11) is 0. The predicted octanol–water partition coefficient (Wildman–Crippen LogP) is 7.84. The van der Waals surface area contributed by atoms with Crippen molar-refractivity contribution in [3.63, 3.8) is 0 Å². The number of hydrogen-bond acceptors (Lipinski definition) is 3. The molecule has 3 nitrogen and oxygen atoms in total. The van der Waals surface area contributed by atoms with Crippen LogP contribution in [-0.2, 0) is 0 Å². The van der Waals surface area contributed by atoms with Crippen molar-refractivity contribution in [3.8, 4) is 0 Å². The van der Waals surface area contributed by atoms with Crippen LogP contribution in [0.15, 0.2) is 0 Å². The van der Waals surface area contributed by atoms with Crippen LogP contribution in [0.2, 0.25) is 0 Å². The third-order valence-electron chi connectivity index (χ3n) is 8.02. The van der Waals surface area contributed by atoms with Crippen molar-refractivity contribution in [2.45, 2.75) is 157 Å². The molecule has 186 valence electrons. The van der Waals surface area contributed by atoms with Gasteiger partial charge in [-0.1, -0.05) is 60.8 Å². The molecule has 0 rings (SSSR count). The lowest BCUT2D eigenvalue weighted by Gasteiger charge is -2.56. The molecule has 0 atom stereocenters. The van der Waals surface area contributed by atoms with Crippen molar-refractivity contribution in [1.29, 1.82) is 0 Å². The van der Waals surface area contributed by atoms with Gasteiger partial charge in [0.25, 0.3) is 0 Å². The van der Waals surface area contributed by atoms with E-state index < -0.39 is 14.8 Å². The highest BCUT2D eigenvalue weighted by molar-refractivity contribution is 6.50. The Bertz CT molecular complexity index is 395. The molecule has 0 heterocycles. The van der Waals surface area contributed by atoms with Gasteiger partial charge in [-0.25, -0.2) is 0 Å². The summed E-state index contributed by atoms with van der Waals surface area (Å²) >= 11 is -1.60. The molecule has 0 fully saturated rings. The van der Waals surface area contributed by atoms with Gasteiger partial charge >= 0.3 is 14.8 Å². The van der Waals surface area contributed by atoms with E-state index in [1.807, 2.05) is 0 Å². The highest BCUT2D eigenvalue weighted by Crippen LogP contribution is 2.33. The highest BCUT2D eigenvalue weighted by Gasteiger charge is 2.52. The maximum atomic E-state index is 3.02. The van der Waals surface area contributed by atoms with Crippen LogP contribution >= 0.6 is 0 Å². The molecule has 0 aliphatic rings. The zero-order valence-electron chi connectivity index (χ0n) is 23.9. The average molecular weight is 454 g/mol. The van der Waals surface area contributed by atoms with Crippen molar-refractivity contribution in [2.75, 3.05) is 19.6 Å². The minimum Gasteiger partial charge on any atom is -0.352 e. The largest absolute Gasteiger partial charge is 0.610 e. The summed E-state index contributed by atoms with van der Waals surface area (Å²) in [5, 5.41) is 0. The molecule has 0 bridgehead atoms. The molecule has 0 spiro atoms. The Morgan fingerprint density at radius 3 is 0.839 bits per heavy atom. The summed E-state index contributed by atoms with van der Waals surface area (Å²) in [4.78, 5) is 0. The third kappa shape index (κ3) is 9.29. The lowest BCUT2D eigenvalue weighted by atomic mass is 10.0. The first-order valence-corrected chi connectivity index (χ1v) is 15.2. The fourth-order valence-corrected chi connectivity index (χ4v) is 8.96. The Kier molecular flexibility index (Phi) is 14.8. The van der Waals surface area contributed by atoms with E-state index in [1.54, 1.807) is 0 Å². The second-order valence-electron chi connectivity index (χ2n) is 11.5. The van der Waals surface area contributed by atoms with Crippen LogP contribution in [0, 0.1) is 0 Å². The van der Waals surface area contributed by atoms with E-state index in [9.17, 15) is 0 Å². The van der Waals surface area contributed by atoms with Crippen LogP contribution in [0.1, 0.15) is 141 Å². The van der Waals surface area contributed by atoms with E-state index in [0.29, 0.717) is 0 Å². The molecule has 0 amide bonds. The first-order valence-electron chi connectivity index (χ1n) is 13.7. The van der Waals surface area contributed by atoms with E-state index in [1.165, 1.54) is 77.4 Å². The Morgan fingerprint density at radius 2 is 0.677 bits per heavy atom. The molecule has 0 saturated carbocycles. The van der Waals surface area contributed by atoms with Crippen LogP contribution < -0.4 is 0 Å². The van der Waals surface area contributed by atoms with E-state index in [-0.39, 0.29) is 16.6 Å². The number of rotatable bonds is 18. The number of nitrogens with zero attached hydrogens (tertiary/aromatic N) is 3. The van der Waals surface area contributed by atoms with Crippen LogP contribution in [0.3, 0.4) is 0 Å². The first kappa shape index (κ1) is 31.4. The summed E-state index contributed by atoms with van der Waals surface area (Å²) in [5.41, 5.74) is 0.692. The van der Waals surface area contributed by atoms with Gasteiger partial charge in [0.1, 0.15) is 0 Å². The molecule has 31 heavy (non-hydrogen) atoms. The fraction of sp³-hybridized carbons (Fsp3) is 1.00. The van der Waals surface area contributed by atoms with E-state index >= 15 is 0 Å². The van der Waals surface area contributed by atoms with Crippen molar-refractivity contribution in [1.82, 2.24) is 11.7 Å². The van der Waals surface area contributed by atoms with Gasteiger partial charge in [-0.3, -0.25) is 0 Å². The normalized spacial score (nSPS) is 13.6. The summed E-state index contributed by atoms with van der Waals surface area (Å²) in [6.07, 6.45) is 11.4. The molecule has 0 aromatic carbocycles. The molecular formula is C27H60AlN3. The highest BCUT2D eigenvalue weighted by atomic mass is 27.2. The molecule has 0 aliphatic carbocycles. The monoisotopic (exact) mass is 453 g/mol. The minimum absolute atomic E-state index is 0.231. The molecule has 0 unspecified atom stereocenters. The lowest BCUT2D eigenvalue weighted by molar-refractivity contribution is 0.0875. The van der Waals surface area contributed by atoms with Crippen molar-refractivity contribution in [2.24, 2.45) is 0 Å². The average Bonchev–Trinajstić information content (AvgIpc) is 2.73. The van der Waals surface area contributed by atoms with Gasteiger partial charge in [0, 0.05) is 0 Å². The van der Waals surface area contributed by atoms with E-state index in [2.05, 4.69) is 94.7 Å².